The fourth-order valence-corrected chi connectivity index (χ4v) is 5.42. The molecule has 256 valence electrons. The van der Waals surface area contributed by atoms with Crippen LogP contribution in [0.4, 0.5) is 0 Å². The number of rotatable bonds is 22. The van der Waals surface area contributed by atoms with Crippen molar-refractivity contribution in [3.05, 3.63) is 58.7 Å². The Labute approximate surface area is 283 Å². The fraction of sp³-hybridized carbons (Fsp3) is 0.632. The van der Waals surface area contributed by atoms with Gasteiger partial charge in [0.25, 0.3) is 0 Å². The summed E-state index contributed by atoms with van der Waals surface area (Å²) in [7, 11) is 0. The van der Waals surface area contributed by atoms with E-state index >= 15 is 0 Å². The van der Waals surface area contributed by atoms with E-state index in [9.17, 15) is 30.0 Å². The van der Waals surface area contributed by atoms with E-state index in [-0.39, 0.29) is 39.1 Å². The van der Waals surface area contributed by atoms with Crippen molar-refractivity contribution in [3.8, 4) is 11.5 Å². The number of hydrogen-bond acceptors (Lipinski definition) is 6. The van der Waals surface area contributed by atoms with Crippen LogP contribution in [0, 0.1) is 11.8 Å². The predicted molar refractivity (Wildman–Crippen MR) is 176 cm³/mol. The summed E-state index contributed by atoms with van der Waals surface area (Å²) < 4.78 is 0. The molecular weight excluding hydrogens is 611 g/mol. The largest absolute Gasteiger partial charge is 2.00 e. The quantitative estimate of drug-likeness (QED) is 0.0965. The molecule has 0 radical (unpaired) electrons. The van der Waals surface area contributed by atoms with Crippen LogP contribution < -0.4 is 10.2 Å². The van der Waals surface area contributed by atoms with E-state index in [1.54, 1.807) is 24.3 Å². The molecule has 2 N–H and O–H groups in total. The number of aromatic carboxylic acids is 2. The molecular formula is C38H58NiO6. The first kappa shape index (κ1) is 42.5. The number of carbonyl (C=O) groups is 2. The van der Waals surface area contributed by atoms with Crippen LogP contribution in [0.2, 0.25) is 0 Å². The van der Waals surface area contributed by atoms with Gasteiger partial charge in [-0.2, -0.15) is 0 Å². The van der Waals surface area contributed by atoms with Crippen LogP contribution in [0.25, 0.3) is 0 Å². The number of benzene rings is 2. The Morgan fingerprint density at radius 2 is 0.822 bits per heavy atom. The van der Waals surface area contributed by atoms with E-state index < -0.39 is 11.9 Å². The van der Waals surface area contributed by atoms with Gasteiger partial charge in [0.05, 0.1) is 11.9 Å². The molecule has 0 spiro atoms. The Bertz CT molecular complexity index is 996. The van der Waals surface area contributed by atoms with Gasteiger partial charge in [-0.15, -0.1) is 0 Å². The first-order valence-electron chi connectivity index (χ1n) is 17.1. The van der Waals surface area contributed by atoms with E-state index in [2.05, 4.69) is 27.7 Å². The molecule has 0 fully saturated rings. The number of unbranched alkanes of at least 4 members (excludes halogenated alkanes) is 12. The number of aryl methyl sites for hydroxylation is 2. The monoisotopic (exact) mass is 668 g/mol. The minimum Gasteiger partial charge on any atom is -0.545 e. The predicted octanol–water partition coefficient (Wildman–Crippen LogP) is 8.15. The molecule has 0 aromatic heterocycles. The van der Waals surface area contributed by atoms with Crippen LogP contribution in [0.1, 0.15) is 162 Å². The van der Waals surface area contributed by atoms with Crippen molar-refractivity contribution in [2.75, 3.05) is 0 Å². The molecule has 0 aliphatic rings. The van der Waals surface area contributed by atoms with Gasteiger partial charge >= 0.3 is 16.5 Å². The molecule has 45 heavy (non-hydrogen) atoms. The second-order valence-electron chi connectivity index (χ2n) is 13.0. The van der Waals surface area contributed by atoms with E-state index in [0.717, 1.165) is 50.4 Å². The average molecular weight is 670 g/mol. The zero-order chi connectivity index (χ0) is 32.7. The Kier molecular flexibility index (Phi) is 24.2. The van der Waals surface area contributed by atoms with Crippen LogP contribution in [0.3, 0.4) is 0 Å². The van der Waals surface area contributed by atoms with Gasteiger partial charge in [-0.3, -0.25) is 0 Å². The van der Waals surface area contributed by atoms with Crippen LogP contribution in [-0.2, 0) is 29.3 Å². The summed E-state index contributed by atoms with van der Waals surface area (Å²) in [6.07, 6.45) is 21.2. The first-order chi connectivity index (χ1) is 21.0. The third-order valence-electron chi connectivity index (χ3n) is 8.13. The van der Waals surface area contributed by atoms with Gasteiger partial charge in [-0.05, 0) is 60.8 Å². The molecule has 0 atom stereocenters. The second-order valence-corrected chi connectivity index (χ2v) is 13.0. The van der Waals surface area contributed by atoms with E-state index in [1.807, 2.05) is 0 Å². The molecule has 0 aliphatic carbocycles. The van der Waals surface area contributed by atoms with Crippen molar-refractivity contribution in [3.63, 3.8) is 0 Å². The molecule has 7 heteroatoms. The van der Waals surface area contributed by atoms with Gasteiger partial charge in [0, 0.05) is 11.1 Å². The van der Waals surface area contributed by atoms with Gasteiger partial charge in [0.1, 0.15) is 11.5 Å². The number of aromatic hydroxyl groups is 2. The summed E-state index contributed by atoms with van der Waals surface area (Å²) >= 11 is 0. The molecule has 0 bridgehead atoms. The van der Waals surface area contributed by atoms with Crippen molar-refractivity contribution in [1.82, 2.24) is 0 Å². The topological polar surface area (TPSA) is 121 Å². The van der Waals surface area contributed by atoms with Gasteiger partial charge < -0.3 is 30.0 Å². The minimum absolute atomic E-state index is 0. The molecule has 0 amide bonds. The van der Waals surface area contributed by atoms with Crippen molar-refractivity contribution >= 4 is 11.9 Å². The number of phenols is 2. The van der Waals surface area contributed by atoms with Crippen LogP contribution in [-0.4, -0.2) is 22.2 Å². The average Bonchev–Trinajstić information content (AvgIpc) is 2.96. The number of hydrogen-bond donors (Lipinski definition) is 2. The smallest absolute Gasteiger partial charge is 0.545 e. The van der Waals surface area contributed by atoms with Crippen molar-refractivity contribution in [1.29, 1.82) is 0 Å². The third kappa shape index (κ3) is 19.6. The van der Waals surface area contributed by atoms with Gasteiger partial charge in [0.15, 0.2) is 0 Å². The Balaban J connectivity index is 0.000000842. The molecule has 2 aromatic carbocycles. The molecule has 0 aliphatic heterocycles. The van der Waals surface area contributed by atoms with Crippen LogP contribution in [0.5, 0.6) is 11.5 Å². The molecule has 2 aromatic rings. The number of carboxylic acids is 2. The maximum atomic E-state index is 10.8. The second kappa shape index (κ2) is 25.6. The van der Waals surface area contributed by atoms with Gasteiger partial charge in [-0.1, -0.05) is 142 Å². The van der Waals surface area contributed by atoms with Crippen molar-refractivity contribution in [2.24, 2.45) is 11.8 Å². The Hall–Kier alpha value is -2.53. The van der Waals surface area contributed by atoms with Crippen molar-refractivity contribution in [2.45, 2.75) is 143 Å². The zero-order valence-corrected chi connectivity index (χ0v) is 29.2. The maximum absolute atomic E-state index is 10.8. The summed E-state index contributed by atoms with van der Waals surface area (Å²) in [6.45, 7) is 9.07. The molecule has 6 nitrogen and oxygen atoms in total. The van der Waals surface area contributed by atoms with E-state index in [1.165, 1.54) is 89.2 Å². The van der Waals surface area contributed by atoms with E-state index in [4.69, 9.17) is 0 Å². The Morgan fingerprint density at radius 1 is 0.533 bits per heavy atom. The van der Waals surface area contributed by atoms with Crippen LogP contribution in [0.15, 0.2) is 36.4 Å². The van der Waals surface area contributed by atoms with Gasteiger partial charge in [0.2, 0.25) is 0 Å². The SMILES string of the molecule is CC(C)CCCCCCCCCc1cccc(C(=O)[O-])c1O.CC(C)CCCCCCCCCc1cccc(C(=O)[O-])c1O.[Ni+2]. The maximum Gasteiger partial charge on any atom is 2.00 e. The van der Waals surface area contributed by atoms with Crippen LogP contribution >= 0.6 is 0 Å². The molecule has 0 saturated heterocycles. The minimum atomic E-state index is -1.32. The van der Waals surface area contributed by atoms with Gasteiger partial charge in [-0.25, -0.2) is 0 Å². The summed E-state index contributed by atoms with van der Waals surface area (Å²) in [5.41, 5.74) is 1.20. The van der Waals surface area contributed by atoms with E-state index in [0.29, 0.717) is 11.1 Å². The summed E-state index contributed by atoms with van der Waals surface area (Å²) in [5, 5.41) is 41.5. The molecule has 0 saturated carbocycles. The van der Waals surface area contributed by atoms with Crippen molar-refractivity contribution < 1.29 is 46.5 Å². The fourth-order valence-electron chi connectivity index (χ4n) is 5.42. The summed E-state index contributed by atoms with van der Waals surface area (Å²) in [6, 6.07) is 9.65. The molecule has 0 unspecified atom stereocenters. The number of carboxylic acid groups (broad SMARTS) is 2. The Morgan fingerprint density at radius 3 is 1.11 bits per heavy atom. The first-order valence-corrected chi connectivity index (χ1v) is 17.1. The zero-order valence-electron chi connectivity index (χ0n) is 28.2. The summed E-state index contributed by atoms with van der Waals surface area (Å²) in [4.78, 5) is 21.7. The third-order valence-corrected chi connectivity index (χ3v) is 8.13. The number of para-hydroxylation sites is 2. The summed E-state index contributed by atoms with van der Waals surface area (Å²) in [5.74, 6) is -1.28. The standard InChI is InChI=1S/2C19H30O3.Ni/c2*1-15(2)11-8-6-4-3-5-7-9-12-16-13-10-14-17(18(16)20)19(21)22;/h2*10,13-15,20H,3-9,11-12H2,1-2H3,(H,21,22);/q;;+2/p-2. The number of carbonyl (C=O) groups excluding carboxylic acids is 2. The normalized spacial score (nSPS) is 10.8. The molecule has 0 heterocycles. The molecule has 2 rings (SSSR count).